The lowest BCUT2D eigenvalue weighted by Crippen LogP contribution is -2.27. The van der Waals surface area contributed by atoms with E-state index in [1.165, 1.54) is 19.5 Å². The number of ether oxygens (including phenoxy) is 1. The molecular formula is C14H20N2O. The second-order valence-corrected chi connectivity index (χ2v) is 5.28. The van der Waals surface area contributed by atoms with E-state index in [0.29, 0.717) is 0 Å². The monoisotopic (exact) mass is 232 g/mol. The van der Waals surface area contributed by atoms with Gasteiger partial charge in [0, 0.05) is 25.8 Å². The predicted molar refractivity (Wildman–Crippen MR) is 66.6 cm³/mol. The average Bonchev–Trinajstić information content (AvgIpc) is 2.98. The molecule has 1 aliphatic heterocycles. The molecule has 2 heterocycles. The van der Waals surface area contributed by atoms with E-state index in [1.807, 2.05) is 24.4 Å². The van der Waals surface area contributed by atoms with Crippen LogP contribution in [0.1, 0.15) is 25.1 Å². The molecule has 2 fully saturated rings. The van der Waals surface area contributed by atoms with Gasteiger partial charge in [-0.25, -0.2) is 0 Å². The molecule has 1 aromatic heterocycles. The zero-order valence-corrected chi connectivity index (χ0v) is 10.4. The first kappa shape index (κ1) is 11.2. The summed E-state index contributed by atoms with van der Waals surface area (Å²) in [7, 11) is 0. The van der Waals surface area contributed by atoms with Crippen LogP contribution in [0.15, 0.2) is 24.4 Å². The average molecular weight is 232 g/mol. The minimum absolute atomic E-state index is 0.105. The lowest BCUT2D eigenvalue weighted by atomic mass is 10.2. The van der Waals surface area contributed by atoms with Crippen molar-refractivity contribution >= 4 is 0 Å². The summed E-state index contributed by atoms with van der Waals surface area (Å²) < 4.78 is 5.84. The number of piperidine rings is 1. The maximum absolute atomic E-state index is 5.84. The number of nitrogens with zero attached hydrogens (tertiary/aromatic N) is 2. The zero-order chi connectivity index (χ0) is 11.7. The topological polar surface area (TPSA) is 25.4 Å². The summed E-state index contributed by atoms with van der Waals surface area (Å²) in [5.74, 6) is 2.03. The third kappa shape index (κ3) is 2.67. The molecule has 0 spiro atoms. The maximum Gasteiger partial charge on any atom is 0.0967 e. The molecule has 3 nitrogen and oxygen atoms in total. The van der Waals surface area contributed by atoms with E-state index in [2.05, 4.69) is 16.8 Å². The van der Waals surface area contributed by atoms with Crippen molar-refractivity contribution in [1.29, 1.82) is 0 Å². The molecule has 0 aromatic carbocycles. The fourth-order valence-electron chi connectivity index (χ4n) is 2.74. The first-order valence-electron chi connectivity index (χ1n) is 6.58. The first-order valence-corrected chi connectivity index (χ1v) is 6.58. The van der Waals surface area contributed by atoms with Crippen LogP contribution >= 0.6 is 0 Å². The first-order chi connectivity index (χ1) is 8.33. The van der Waals surface area contributed by atoms with Gasteiger partial charge in [0.2, 0.25) is 0 Å². The van der Waals surface area contributed by atoms with Crippen LogP contribution in [-0.4, -0.2) is 36.1 Å². The van der Waals surface area contributed by atoms with E-state index in [4.69, 9.17) is 4.74 Å². The van der Waals surface area contributed by atoms with Crippen LogP contribution in [0.4, 0.5) is 0 Å². The number of likely N-dealkylation sites (tertiary alicyclic amines) is 1. The Hall–Kier alpha value is -0.930. The number of hydrogen-bond donors (Lipinski definition) is 0. The van der Waals surface area contributed by atoms with Gasteiger partial charge in [-0.05, 0) is 37.3 Å². The molecule has 17 heavy (non-hydrogen) atoms. The third-order valence-electron chi connectivity index (χ3n) is 3.93. The summed E-state index contributed by atoms with van der Waals surface area (Å²) in [6.45, 7) is 6.56. The lowest BCUT2D eigenvalue weighted by molar-refractivity contribution is 0.0474. The molecule has 2 aliphatic rings. The van der Waals surface area contributed by atoms with Gasteiger partial charge in [0.05, 0.1) is 18.4 Å². The Labute approximate surface area is 103 Å². The molecule has 0 bridgehead atoms. The summed E-state index contributed by atoms with van der Waals surface area (Å²) >= 11 is 0. The van der Waals surface area contributed by atoms with Crippen molar-refractivity contribution in [1.82, 2.24) is 9.88 Å². The number of aromatic nitrogens is 1. The van der Waals surface area contributed by atoms with Gasteiger partial charge >= 0.3 is 0 Å². The fourth-order valence-corrected chi connectivity index (χ4v) is 2.74. The van der Waals surface area contributed by atoms with E-state index in [1.54, 1.807) is 0 Å². The van der Waals surface area contributed by atoms with Gasteiger partial charge < -0.3 is 9.64 Å². The molecule has 3 atom stereocenters. The second-order valence-electron chi connectivity index (χ2n) is 5.28. The Morgan fingerprint density at radius 1 is 1.41 bits per heavy atom. The molecule has 1 saturated carbocycles. The Morgan fingerprint density at radius 2 is 2.24 bits per heavy atom. The summed E-state index contributed by atoms with van der Waals surface area (Å²) in [5, 5.41) is 0. The van der Waals surface area contributed by atoms with Crippen molar-refractivity contribution in [2.24, 2.45) is 11.8 Å². The molecular weight excluding hydrogens is 212 g/mol. The highest BCUT2D eigenvalue weighted by molar-refractivity contribution is 5.05. The molecule has 3 rings (SSSR count). The van der Waals surface area contributed by atoms with Crippen LogP contribution in [-0.2, 0) is 4.74 Å². The highest BCUT2D eigenvalue weighted by Crippen LogP contribution is 2.44. The SMILES string of the molecule is C[C@@H](OCCN1CC2CC2C1)c1ccccn1. The quantitative estimate of drug-likeness (QED) is 0.777. The summed E-state index contributed by atoms with van der Waals surface area (Å²) in [6, 6.07) is 5.97. The van der Waals surface area contributed by atoms with Gasteiger partial charge in [0.15, 0.2) is 0 Å². The normalized spacial score (nSPS) is 29.0. The maximum atomic E-state index is 5.84. The number of fused-ring (bicyclic) bond motifs is 1. The Balaban J connectivity index is 1.39. The predicted octanol–water partition coefficient (Wildman–Crippen LogP) is 2.11. The molecule has 92 valence electrons. The van der Waals surface area contributed by atoms with Crippen LogP contribution in [0.25, 0.3) is 0 Å². The molecule has 1 saturated heterocycles. The molecule has 3 heteroatoms. The molecule has 0 amide bonds. The molecule has 1 aliphatic carbocycles. The van der Waals surface area contributed by atoms with Gasteiger partial charge in [-0.1, -0.05) is 6.07 Å². The molecule has 0 radical (unpaired) electrons. The van der Waals surface area contributed by atoms with Gasteiger partial charge in [-0.15, -0.1) is 0 Å². The van der Waals surface area contributed by atoms with Crippen molar-refractivity contribution < 1.29 is 4.74 Å². The third-order valence-corrected chi connectivity index (χ3v) is 3.93. The summed E-state index contributed by atoms with van der Waals surface area (Å²) in [6.07, 6.45) is 3.40. The van der Waals surface area contributed by atoms with Crippen LogP contribution in [0, 0.1) is 11.8 Å². The summed E-state index contributed by atoms with van der Waals surface area (Å²) in [5.41, 5.74) is 1.02. The molecule has 0 N–H and O–H groups in total. The number of pyridine rings is 1. The highest BCUT2D eigenvalue weighted by atomic mass is 16.5. The highest BCUT2D eigenvalue weighted by Gasteiger charge is 2.44. The van der Waals surface area contributed by atoms with Crippen LogP contribution in [0.3, 0.4) is 0 Å². The van der Waals surface area contributed by atoms with Gasteiger partial charge in [0.1, 0.15) is 0 Å². The van der Waals surface area contributed by atoms with Gasteiger partial charge in [-0.3, -0.25) is 4.98 Å². The largest absolute Gasteiger partial charge is 0.371 e. The van der Waals surface area contributed by atoms with E-state index >= 15 is 0 Å². The van der Waals surface area contributed by atoms with Crippen molar-refractivity contribution in [2.75, 3.05) is 26.2 Å². The van der Waals surface area contributed by atoms with Gasteiger partial charge in [-0.2, -0.15) is 0 Å². The minimum Gasteiger partial charge on any atom is -0.371 e. The summed E-state index contributed by atoms with van der Waals surface area (Å²) in [4.78, 5) is 6.84. The van der Waals surface area contributed by atoms with E-state index < -0.39 is 0 Å². The Bertz CT molecular complexity index is 358. The number of hydrogen-bond acceptors (Lipinski definition) is 3. The second kappa shape index (κ2) is 4.75. The number of rotatable bonds is 5. The van der Waals surface area contributed by atoms with Crippen LogP contribution in [0.2, 0.25) is 0 Å². The molecule has 2 unspecified atom stereocenters. The van der Waals surface area contributed by atoms with Crippen molar-refractivity contribution in [3.8, 4) is 0 Å². The Morgan fingerprint density at radius 3 is 2.94 bits per heavy atom. The smallest absolute Gasteiger partial charge is 0.0967 e. The van der Waals surface area contributed by atoms with Crippen molar-refractivity contribution in [3.63, 3.8) is 0 Å². The van der Waals surface area contributed by atoms with E-state index in [0.717, 1.165) is 30.7 Å². The van der Waals surface area contributed by atoms with E-state index in [-0.39, 0.29) is 6.10 Å². The lowest BCUT2D eigenvalue weighted by Gasteiger charge is -2.19. The van der Waals surface area contributed by atoms with Crippen LogP contribution in [0.5, 0.6) is 0 Å². The zero-order valence-electron chi connectivity index (χ0n) is 10.4. The standard InChI is InChI=1S/C14H20N2O/c1-11(14-4-2-3-5-15-14)17-7-6-16-9-12-8-13(12)10-16/h2-5,11-13H,6-10H2,1H3/t11-,12?,13?/m1/s1. The van der Waals surface area contributed by atoms with Crippen molar-refractivity contribution in [2.45, 2.75) is 19.4 Å². The fraction of sp³-hybridized carbons (Fsp3) is 0.643. The minimum atomic E-state index is 0.105. The van der Waals surface area contributed by atoms with Crippen molar-refractivity contribution in [3.05, 3.63) is 30.1 Å². The Kier molecular flexibility index (Phi) is 3.12. The van der Waals surface area contributed by atoms with Crippen LogP contribution < -0.4 is 0 Å². The van der Waals surface area contributed by atoms with E-state index in [9.17, 15) is 0 Å². The van der Waals surface area contributed by atoms with Gasteiger partial charge in [0.25, 0.3) is 0 Å². The molecule has 1 aromatic rings.